The minimum Gasteiger partial charge on any atom is -0.444 e. The number of carbonyl (C=O) groups excluding carboxylic acids is 3. The molecule has 200 valence electrons. The number of carbonyl (C=O) groups is 3. The molecule has 3 unspecified atom stereocenters. The fourth-order valence-electron chi connectivity index (χ4n) is 4.60. The second kappa shape index (κ2) is 13.5. The van der Waals surface area contributed by atoms with Crippen LogP contribution >= 0.6 is 0 Å². The lowest BCUT2D eigenvalue weighted by atomic mass is 9.93. The summed E-state index contributed by atoms with van der Waals surface area (Å²) in [6, 6.07) is 6.08. The number of benzene rings is 1. The van der Waals surface area contributed by atoms with Crippen molar-refractivity contribution in [3.63, 3.8) is 0 Å². The summed E-state index contributed by atoms with van der Waals surface area (Å²) in [5, 5.41) is 5.99. The Kier molecular flexibility index (Phi) is 11.0. The van der Waals surface area contributed by atoms with Gasteiger partial charge >= 0.3 is 6.09 Å². The van der Waals surface area contributed by atoms with E-state index in [0.29, 0.717) is 6.42 Å². The molecule has 2 rings (SSSR count). The van der Waals surface area contributed by atoms with Crippen LogP contribution < -0.4 is 10.6 Å². The lowest BCUT2D eigenvalue weighted by molar-refractivity contribution is -0.143. The van der Waals surface area contributed by atoms with E-state index in [1.807, 2.05) is 45.0 Å². The maximum atomic E-state index is 14.1. The number of ether oxygens (including phenoxy) is 1. The second-order valence-corrected chi connectivity index (χ2v) is 10.9. The fraction of sp³-hybridized carbons (Fsp3) is 0.621. The van der Waals surface area contributed by atoms with Gasteiger partial charge in [0.05, 0.1) is 0 Å². The van der Waals surface area contributed by atoms with Crippen LogP contribution in [-0.4, -0.2) is 47.0 Å². The Morgan fingerprint density at radius 2 is 1.86 bits per heavy atom. The van der Waals surface area contributed by atoms with Crippen LogP contribution in [0.15, 0.2) is 36.9 Å². The quantitative estimate of drug-likeness (QED) is 0.420. The molecule has 1 saturated carbocycles. The monoisotopic (exact) mass is 499 g/mol. The molecule has 1 aromatic rings. The van der Waals surface area contributed by atoms with Gasteiger partial charge in [0, 0.05) is 12.6 Å². The van der Waals surface area contributed by atoms with Crippen molar-refractivity contribution in [3.8, 4) is 0 Å². The maximum absolute atomic E-state index is 14.1. The third-order valence-electron chi connectivity index (χ3n) is 6.63. The first-order valence-electron chi connectivity index (χ1n) is 13.2. The van der Waals surface area contributed by atoms with Crippen molar-refractivity contribution in [2.24, 2.45) is 5.92 Å². The molecule has 7 nitrogen and oxygen atoms in total. The molecule has 1 aliphatic rings. The number of nitrogens with zero attached hydrogens (tertiary/aromatic N) is 1. The third-order valence-corrected chi connectivity index (χ3v) is 6.63. The molecule has 2 N–H and O–H groups in total. The van der Waals surface area contributed by atoms with Gasteiger partial charge in [0.15, 0.2) is 0 Å². The zero-order valence-corrected chi connectivity index (χ0v) is 22.9. The first kappa shape index (κ1) is 29.4. The Balaban J connectivity index is 2.44. The zero-order valence-electron chi connectivity index (χ0n) is 22.9. The molecule has 0 radical (unpaired) electrons. The highest BCUT2D eigenvalue weighted by molar-refractivity contribution is 5.92. The topological polar surface area (TPSA) is 87.7 Å². The van der Waals surface area contributed by atoms with Crippen LogP contribution in [0.4, 0.5) is 4.79 Å². The number of hydrogen-bond donors (Lipinski definition) is 2. The molecule has 7 heteroatoms. The van der Waals surface area contributed by atoms with Gasteiger partial charge in [-0.05, 0) is 52.0 Å². The molecule has 0 bridgehead atoms. The summed E-state index contributed by atoms with van der Waals surface area (Å²) in [5.74, 6) is -0.708. The minimum atomic E-state index is -0.848. The predicted octanol–water partition coefficient (Wildman–Crippen LogP) is 5.44. The molecule has 0 aromatic heterocycles. The van der Waals surface area contributed by atoms with Crippen molar-refractivity contribution in [2.75, 3.05) is 6.54 Å². The Labute approximate surface area is 217 Å². The van der Waals surface area contributed by atoms with Crippen molar-refractivity contribution in [1.82, 2.24) is 15.5 Å². The van der Waals surface area contributed by atoms with E-state index in [1.165, 1.54) is 11.3 Å². The van der Waals surface area contributed by atoms with Crippen LogP contribution in [0.2, 0.25) is 0 Å². The molecule has 1 aliphatic carbocycles. The molecule has 3 atom stereocenters. The van der Waals surface area contributed by atoms with Crippen LogP contribution in [0.5, 0.6) is 0 Å². The van der Waals surface area contributed by atoms with Crippen molar-refractivity contribution in [2.45, 2.75) is 104 Å². The van der Waals surface area contributed by atoms with E-state index in [9.17, 15) is 14.4 Å². The Hall–Kier alpha value is -2.83. The first-order valence-corrected chi connectivity index (χ1v) is 13.2. The third kappa shape index (κ3) is 8.68. The highest BCUT2D eigenvalue weighted by atomic mass is 16.6. The van der Waals surface area contributed by atoms with Gasteiger partial charge in [0.1, 0.15) is 17.7 Å². The summed E-state index contributed by atoms with van der Waals surface area (Å²) >= 11 is 0. The minimum absolute atomic E-state index is 0.101. The van der Waals surface area contributed by atoms with Crippen LogP contribution in [0.25, 0.3) is 0 Å². The Bertz CT molecular complexity index is 902. The van der Waals surface area contributed by atoms with E-state index in [4.69, 9.17) is 4.74 Å². The standard InChI is InChI=1S/C29H45N3O4/c1-8-18-32(27(34)24(21(4)9-2)31-28(35)36-29(5,6)7)25(22-15-13-14-20(3)19-22)26(33)30-23-16-11-10-12-17-23/h8,13-15,19,21,23-25H,1,9-12,16-18H2,2-7H3,(H,30,33)(H,31,35). The van der Waals surface area contributed by atoms with Gasteiger partial charge in [-0.1, -0.05) is 75.4 Å². The molecule has 0 saturated heterocycles. The van der Waals surface area contributed by atoms with E-state index in [0.717, 1.165) is 36.8 Å². The van der Waals surface area contributed by atoms with Crippen molar-refractivity contribution < 1.29 is 19.1 Å². The molecule has 36 heavy (non-hydrogen) atoms. The van der Waals surface area contributed by atoms with E-state index in [2.05, 4.69) is 17.2 Å². The molecule has 0 aliphatic heterocycles. The van der Waals surface area contributed by atoms with Gasteiger partial charge in [0.2, 0.25) is 11.8 Å². The normalized spacial score (nSPS) is 16.8. The van der Waals surface area contributed by atoms with Crippen molar-refractivity contribution in [3.05, 3.63) is 48.0 Å². The highest BCUT2D eigenvalue weighted by Crippen LogP contribution is 2.27. The average Bonchev–Trinajstić information content (AvgIpc) is 2.81. The lowest BCUT2D eigenvalue weighted by Crippen LogP contribution is -2.55. The summed E-state index contributed by atoms with van der Waals surface area (Å²) in [5.41, 5.74) is 1.04. The number of amides is 3. The predicted molar refractivity (Wildman–Crippen MR) is 143 cm³/mol. The molecular weight excluding hydrogens is 454 g/mol. The number of aryl methyl sites for hydroxylation is 1. The highest BCUT2D eigenvalue weighted by Gasteiger charge is 2.38. The van der Waals surface area contributed by atoms with Gasteiger partial charge in [-0.2, -0.15) is 0 Å². The first-order chi connectivity index (χ1) is 17.0. The summed E-state index contributed by atoms with van der Waals surface area (Å²) < 4.78 is 5.44. The van der Waals surface area contributed by atoms with E-state index in [1.54, 1.807) is 26.8 Å². The summed E-state index contributed by atoms with van der Waals surface area (Å²) in [6.07, 6.45) is 6.87. The smallest absolute Gasteiger partial charge is 0.408 e. The van der Waals surface area contributed by atoms with Crippen LogP contribution in [0.1, 0.15) is 90.3 Å². The molecular formula is C29H45N3O4. The number of nitrogens with one attached hydrogen (secondary N) is 2. The van der Waals surface area contributed by atoms with Crippen LogP contribution in [0, 0.1) is 12.8 Å². The van der Waals surface area contributed by atoms with Crippen molar-refractivity contribution in [1.29, 1.82) is 0 Å². The van der Waals surface area contributed by atoms with Gasteiger partial charge in [-0.3, -0.25) is 9.59 Å². The lowest BCUT2D eigenvalue weighted by Gasteiger charge is -2.36. The molecule has 3 amide bonds. The molecule has 0 spiro atoms. The van der Waals surface area contributed by atoms with Gasteiger partial charge in [-0.15, -0.1) is 6.58 Å². The van der Waals surface area contributed by atoms with Gasteiger partial charge < -0.3 is 20.3 Å². The summed E-state index contributed by atoms with van der Waals surface area (Å²) in [7, 11) is 0. The van der Waals surface area contributed by atoms with E-state index >= 15 is 0 Å². The summed E-state index contributed by atoms with van der Waals surface area (Å²) in [4.78, 5) is 42.0. The number of alkyl carbamates (subject to hydrolysis) is 1. The molecule has 0 heterocycles. The van der Waals surface area contributed by atoms with Gasteiger partial charge in [-0.25, -0.2) is 4.79 Å². The van der Waals surface area contributed by atoms with Crippen LogP contribution in [0.3, 0.4) is 0 Å². The average molecular weight is 500 g/mol. The van der Waals surface area contributed by atoms with E-state index < -0.39 is 23.8 Å². The molecule has 1 aromatic carbocycles. The largest absolute Gasteiger partial charge is 0.444 e. The number of hydrogen-bond acceptors (Lipinski definition) is 4. The Morgan fingerprint density at radius 1 is 1.19 bits per heavy atom. The second-order valence-electron chi connectivity index (χ2n) is 10.9. The summed E-state index contributed by atoms with van der Waals surface area (Å²) in [6.45, 7) is 15.2. The number of rotatable bonds is 10. The molecule has 1 fully saturated rings. The fourth-order valence-corrected chi connectivity index (χ4v) is 4.60. The van der Waals surface area contributed by atoms with Gasteiger partial charge in [0.25, 0.3) is 0 Å². The SMILES string of the molecule is C=CCN(C(=O)C(NC(=O)OC(C)(C)C)C(C)CC)C(C(=O)NC1CCCCC1)c1cccc(C)c1. The maximum Gasteiger partial charge on any atom is 0.408 e. The van der Waals surface area contributed by atoms with E-state index in [-0.39, 0.29) is 30.3 Å². The van der Waals surface area contributed by atoms with Crippen molar-refractivity contribution >= 4 is 17.9 Å². The zero-order chi connectivity index (χ0) is 26.9. The Morgan fingerprint density at radius 3 is 2.42 bits per heavy atom. The van der Waals surface area contributed by atoms with Crippen LogP contribution in [-0.2, 0) is 14.3 Å².